The summed E-state index contributed by atoms with van der Waals surface area (Å²) in [6, 6.07) is 25.1. The van der Waals surface area contributed by atoms with Crippen molar-refractivity contribution < 1.29 is 19.7 Å². The molecule has 3 aromatic carbocycles. The summed E-state index contributed by atoms with van der Waals surface area (Å²) in [6.45, 7) is 1.83. The summed E-state index contributed by atoms with van der Waals surface area (Å²) < 4.78 is 12.7. The van der Waals surface area contributed by atoms with E-state index in [0.717, 1.165) is 40.3 Å². The molecule has 0 bridgehead atoms. The Kier molecular flexibility index (Phi) is 9.20. The van der Waals surface area contributed by atoms with Crippen molar-refractivity contribution in [3.63, 3.8) is 0 Å². The van der Waals surface area contributed by atoms with Crippen molar-refractivity contribution in [3.05, 3.63) is 99.7 Å². The number of nitrogens with zero attached hydrogens (tertiary/aromatic N) is 1. The van der Waals surface area contributed by atoms with Crippen molar-refractivity contribution in [1.29, 1.82) is 0 Å². The van der Waals surface area contributed by atoms with Gasteiger partial charge >= 0.3 is 4.87 Å². The quantitative estimate of drug-likeness (QED) is 0.197. The minimum atomic E-state index is -0.633. The van der Waals surface area contributed by atoms with Gasteiger partial charge in [0.15, 0.2) is 5.00 Å². The number of aliphatic hydroxyl groups excluding tert-OH is 1. The third kappa shape index (κ3) is 7.85. The molecular formula is C28H31N3O5S. The van der Waals surface area contributed by atoms with Gasteiger partial charge in [-0.05, 0) is 60.5 Å². The summed E-state index contributed by atoms with van der Waals surface area (Å²) in [5.74, 6) is 1.36. The van der Waals surface area contributed by atoms with Gasteiger partial charge < -0.3 is 30.3 Å². The maximum atomic E-state index is 11.6. The molecule has 9 heteroatoms. The second-order valence-corrected chi connectivity index (χ2v) is 9.53. The van der Waals surface area contributed by atoms with Gasteiger partial charge in [-0.1, -0.05) is 53.8 Å². The first-order chi connectivity index (χ1) is 18.0. The monoisotopic (exact) mass is 521 g/mol. The molecule has 1 aromatic heterocycles. The van der Waals surface area contributed by atoms with Crippen LogP contribution in [0.5, 0.6) is 17.4 Å². The van der Waals surface area contributed by atoms with Gasteiger partial charge in [0.25, 0.3) is 0 Å². The van der Waals surface area contributed by atoms with E-state index in [9.17, 15) is 15.0 Å². The van der Waals surface area contributed by atoms with Crippen LogP contribution in [0.15, 0.2) is 83.7 Å². The lowest BCUT2D eigenvalue weighted by Crippen LogP contribution is -2.32. The average Bonchev–Trinajstić information content (AvgIpc) is 3.17. The van der Waals surface area contributed by atoms with E-state index < -0.39 is 6.10 Å². The van der Waals surface area contributed by atoms with Gasteiger partial charge in [-0.3, -0.25) is 9.36 Å². The predicted octanol–water partition coefficient (Wildman–Crippen LogP) is 4.05. The van der Waals surface area contributed by atoms with Crippen LogP contribution in [0, 0.1) is 0 Å². The molecule has 1 heterocycles. The minimum absolute atomic E-state index is 0.0734. The molecule has 4 rings (SSSR count). The van der Waals surface area contributed by atoms with Gasteiger partial charge in [-0.2, -0.15) is 0 Å². The van der Waals surface area contributed by atoms with Crippen LogP contribution in [-0.4, -0.2) is 40.6 Å². The number of hydrogen-bond donors (Lipinski definition) is 4. The maximum absolute atomic E-state index is 11.6. The molecule has 37 heavy (non-hydrogen) atoms. The van der Waals surface area contributed by atoms with Gasteiger partial charge in [0, 0.05) is 19.3 Å². The van der Waals surface area contributed by atoms with E-state index in [4.69, 9.17) is 9.47 Å². The zero-order valence-electron chi connectivity index (χ0n) is 20.6. The number of aromatic hydroxyl groups is 1. The van der Waals surface area contributed by atoms with Crippen molar-refractivity contribution in [3.8, 4) is 17.4 Å². The largest absolute Gasteiger partial charge is 0.492 e. The highest BCUT2D eigenvalue weighted by molar-refractivity contribution is 7.14. The Morgan fingerprint density at radius 2 is 1.59 bits per heavy atom. The number of benzene rings is 3. The number of anilines is 2. The molecule has 0 aliphatic rings. The van der Waals surface area contributed by atoms with Crippen LogP contribution in [-0.2, 0) is 20.1 Å². The van der Waals surface area contributed by atoms with E-state index in [1.54, 1.807) is 0 Å². The Labute approximate surface area is 219 Å². The number of ether oxygens (including phenoxy) is 2. The molecule has 0 spiro atoms. The SMILES string of the molecule is Cn1c(O)c(Nc2ccc(CCNC[C@H](O)COc3ccc(OCc4ccccc4)cc3)cc2)sc1=O. The normalized spacial score (nSPS) is 11.7. The van der Waals surface area contributed by atoms with Gasteiger partial charge in [0.2, 0.25) is 5.88 Å². The lowest BCUT2D eigenvalue weighted by Gasteiger charge is -2.14. The topological polar surface area (TPSA) is 105 Å². The first-order valence-electron chi connectivity index (χ1n) is 12.0. The molecule has 0 fully saturated rings. The molecule has 0 aliphatic heterocycles. The highest BCUT2D eigenvalue weighted by atomic mass is 32.1. The molecule has 0 amide bonds. The number of hydrogen-bond acceptors (Lipinski definition) is 8. The van der Waals surface area contributed by atoms with Crippen molar-refractivity contribution >= 4 is 22.0 Å². The smallest absolute Gasteiger partial charge is 0.311 e. The molecule has 0 unspecified atom stereocenters. The Morgan fingerprint density at radius 3 is 2.24 bits per heavy atom. The Hall–Kier alpha value is -3.79. The summed E-state index contributed by atoms with van der Waals surface area (Å²) in [5.41, 5.74) is 3.03. The van der Waals surface area contributed by atoms with E-state index >= 15 is 0 Å². The van der Waals surface area contributed by atoms with Crippen LogP contribution in [0.3, 0.4) is 0 Å². The van der Waals surface area contributed by atoms with Gasteiger partial charge in [0.05, 0.1) is 0 Å². The highest BCUT2D eigenvalue weighted by Gasteiger charge is 2.11. The number of rotatable bonds is 13. The molecule has 0 saturated heterocycles. The fourth-order valence-electron chi connectivity index (χ4n) is 3.53. The Morgan fingerprint density at radius 1 is 0.919 bits per heavy atom. The molecule has 1 atom stereocenters. The number of aromatic nitrogens is 1. The van der Waals surface area contributed by atoms with Crippen LogP contribution >= 0.6 is 11.3 Å². The minimum Gasteiger partial charge on any atom is -0.492 e. The molecule has 8 nitrogen and oxygen atoms in total. The molecule has 4 N–H and O–H groups in total. The maximum Gasteiger partial charge on any atom is 0.311 e. The fraction of sp³-hybridized carbons (Fsp3) is 0.250. The predicted molar refractivity (Wildman–Crippen MR) is 146 cm³/mol. The van der Waals surface area contributed by atoms with Crippen LogP contribution < -0.4 is 25.0 Å². The van der Waals surface area contributed by atoms with Crippen molar-refractivity contribution in [1.82, 2.24) is 9.88 Å². The summed E-state index contributed by atoms with van der Waals surface area (Å²) >= 11 is 0.960. The first-order valence-corrected chi connectivity index (χ1v) is 12.8. The summed E-state index contributed by atoms with van der Waals surface area (Å²) in [5, 5.41) is 26.9. The number of aliphatic hydroxyl groups is 1. The zero-order valence-corrected chi connectivity index (χ0v) is 21.4. The average molecular weight is 522 g/mol. The van der Waals surface area contributed by atoms with E-state index in [-0.39, 0.29) is 17.4 Å². The third-order valence-electron chi connectivity index (χ3n) is 5.68. The Bertz CT molecular complexity index is 1300. The zero-order chi connectivity index (χ0) is 26.0. The molecular weight excluding hydrogens is 490 g/mol. The van der Waals surface area contributed by atoms with Crippen LogP contribution in [0.25, 0.3) is 0 Å². The van der Waals surface area contributed by atoms with Gasteiger partial charge in [-0.25, -0.2) is 0 Å². The molecule has 0 saturated carbocycles. The van der Waals surface area contributed by atoms with Crippen molar-refractivity contribution in [2.45, 2.75) is 19.1 Å². The molecule has 0 aliphatic carbocycles. The van der Waals surface area contributed by atoms with Crippen LogP contribution in [0.2, 0.25) is 0 Å². The van der Waals surface area contributed by atoms with Crippen molar-refractivity contribution in [2.24, 2.45) is 7.05 Å². The highest BCUT2D eigenvalue weighted by Crippen LogP contribution is 2.29. The third-order valence-corrected chi connectivity index (χ3v) is 6.62. The second-order valence-electron chi connectivity index (χ2n) is 8.57. The van der Waals surface area contributed by atoms with Crippen LogP contribution in [0.4, 0.5) is 10.7 Å². The molecule has 0 radical (unpaired) electrons. The lowest BCUT2D eigenvalue weighted by molar-refractivity contribution is 0.106. The second kappa shape index (κ2) is 13.0. The summed E-state index contributed by atoms with van der Waals surface area (Å²) in [7, 11) is 1.53. The van der Waals surface area contributed by atoms with Gasteiger partial charge in [0.1, 0.15) is 30.8 Å². The number of nitrogens with one attached hydrogen (secondary N) is 2. The van der Waals surface area contributed by atoms with Crippen molar-refractivity contribution in [2.75, 3.05) is 25.0 Å². The van der Waals surface area contributed by atoms with E-state index in [2.05, 4.69) is 10.6 Å². The first kappa shape index (κ1) is 26.3. The van der Waals surface area contributed by atoms with Crippen LogP contribution in [0.1, 0.15) is 11.1 Å². The van der Waals surface area contributed by atoms with E-state index in [1.807, 2.05) is 78.9 Å². The van der Waals surface area contributed by atoms with Gasteiger partial charge in [-0.15, -0.1) is 0 Å². The summed E-state index contributed by atoms with van der Waals surface area (Å²) in [6.07, 6.45) is 0.161. The fourth-order valence-corrected chi connectivity index (χ4v) is 4.33. The Balaban J connectivity index is 1.11. The summed E-state index contributed by atoms with van der Waals surface area (Å²) in [4.78, 5) is 11.4. The van der Waals surface area contributed by atoms with E-state index in [1.165, 1.54) is 11.6 Å². The molecule has 4 aromatic rings. The lowest BCUT2D eigenvalue weighted by atomic mass is 10.1. The number of thiazole rings is 1. The van der Waals surface area contributed by atoms with E-state index in [0.29, 0.717) is 30.4 Å². The standard InChI is InChI=1S/C28H31N3O5S/c1-31-27(33)26(37-28(31)34)30-22-9-7-20(8-10-22)15-16-29-17-23(32)19-36-25-13-11-24(12-14-25)35-18-21-5-3-2-4-6-21/h2-14,23,29-30,32-33H,15-19H2,1H3/t23-/m0/s1. The molecule has 194 valence electrons.